The summed E-state index contributed by atoms with van der Waals surface area (Å²) in [6.07, 6.45) is 7.76. The van der Waals surface area contributed by atoms with E-state index in [1.807, 2.05) is 0 Å². The minimum atomic E-state index is -4.40. The molecule has 2 N–H and O–H groups in total. The quantitative estimate of drug-likeness (QED) is 0.540. The summed E-state index contributed by atoms with van der Waals surface area (Å²) in [4.78, 5) is 11.7. The molecule has 20 heavy (non-hydrogen) atoms. The summed E-state index contributed by atoms with van der Waals surface area (Å²) in [6.45, 7) is 2.70. The molecule has 0 aliphatic carbocycles. The van der Waals surface area contributed by atoms with Gasteiger partial charge < -0.3 is 9.73 Å². The molecule has 0 fully saturated rings. The second-order valence-electron chi connectivity index (χ2n) is 4.65. The number of carbonyl (C=O) groups excluding carboxylic acids is 1. The van der Waals surface area contributed by atoms with Gasteiger partial charge >= 0.3 is 10.1 Å². The Morgan fingerprint density at radius 2 is 1.90 bits per heavy atom. The van der Waals surface area contributed by atoms with E-state index in [2.05, 4.69) is 16.7 Å². The van der Waals surface area contributed by atoms with Crippen LogP contribution in [-0.4, -0.2) is 25.4 Å². The number of amides is 1. The predicted molar refractivity (Wildman–Crippen MR) is 74.2 cm³/mol. The van der Waals surface area contributed by atoms with Crippen LogP contribution in [0.2, 0.25) is 0 Å². The molecule has 0 saturated carbocycles. The fourth-order valence-electron chi connectivity index (χ4n) is 1.78. The van der Waals surface area contributed by atoms with Gasteiger partial charge in [0, 0.05) is 12.6 Å². The highest BCUT2D eigenvalue weighted by molar-refractivity contribution is 7.85. The third kappa shape index (κ3) is 5.75. The van der Waals surface area contributed by atoms with Crippen molar-refractivity contribution in [2.45, 2.75) is 50.5 Å². The average Bonchev–Trinajstić information content (AvgIpc) is 2.87. The smallest absolute Gasteiger partial charge is 0.328 e. The molecule has 6 nitrogen and oxygen atoms in total. The van der Waals surface area contributed by atoms with Crippen molar-refractivity contribution in [3.63, 3.8) is 0 Å². The van der Waals surface area contributed by atoms with Crippen LogP contribution in [0.5, 0.6) is 0 Å². The van der Waals surface area contributed by atoms with Crippen LogP contribution in [0.1, 0.15) is 55.8 Å². The number of hydrogen-bond donors (Lipinski definition) is 2. The molecule has 1 aromatic rings. The molecule has 0 spiro atoms. The molecule has 114 valence electrons. The van der Waals surface area contributed by atoms with Crippen LogP contribution in [0.3, 0.4) is 0 Å². The summed E-state index contributed by atoms with van der Waals surface area (Å²) < 4.78 is 34.9. The van der Waals surface area contributed by atoms with E-state index in [1.165, 1.54) is 19.3 Å². The molecule has 7 heteroatoms. The highest BCUT2D eigenvalue weighted by Crippen LogP contribution is 2.13. The van der Waals surface area contributed by atoms with E-state index < -0.39 is 21.1 Å². The minimum absolute atomic E-state index is 0.0867. The predicted octanol–water partition coefficient (Wildman–Crippen LogP) is 2.62. The minimum Gasteiger partial charge on any atom is -0.450 e. The molecule has 0 aromatic carbocycles. The van der Waals surface area contributed by atoms with Crippen molar-refractivity contribution in [1.82, 2.24) is 5.32 Å². The normalized spacial score (nSPS) is 11.5. The summed E-state index contributed by atoms with van der Waals surface area (Å²) in [5, 5.41) is 2.06. The van der Waals surface area contributed by atoms with Crippen molar-refractivity contribution in [3.8, 4) is 0 Å². The van der Waals surface area contributed by atoms with E-state index in [1.54, 1.807) is 0 Å². The highest BCUT2D eigenvalue weighted by Gasteiger charge is 2.17. The number of furan rings is 1. The maximum absolute atomic E-state index is 11.7. The molecule has 1 aromatic heterocycles. The zero-order valence-corrected chi connectivity index (χ0v) is 12.4. The van der Waals surface area contributed by atoms with Gasteiger partial charge in [-0.3, -0.25) is 9.35 Å². The Labute approximate surface area is 119 Å². The highest BCUT2D eigenvalue weighted by atomic mass is 32.2. The van der Waals surface area contributed by atoms with Crippen molar-refractivity contribution < 1.29 is 22.2 Å². The molecular formula is C13H21NO5S. The molecule has 0 aliphatic rings. The Balaban J connectivity index is 2.28. The number of carbonyl (C=O) groups is 1. The van der Waals surface area contributed by atoms with Crippen molar-refractivity contribution in [1.29, 1.82) is 0 Å². The van der Waals surface area contributed by atoms with Crippen LogP contribution in [0, 0.1) is 0 Å². The third-order valence-corrected chi connectivity index (χ3v) is 3.63. The first-order chi connectivity index (χ1) is 9.45. The van der Waals surface area contributed by atoms with Crippen LogP contribution in [0.4, 0.5) is 0 Å². The van der Waals surface area contributed by atoms with Gasteiger partial charge in [0.15, 0.2) is 0 Å². The molecule has 0 atom stereocenters. The van der Waals surface area contributed by atoms with Crippen molar-refractivity contribution in [2.75, 3.05) is 6.54 Å². The molecule has 1 heterocycles. The van der Waals surface area contributed by atoms with Crippen LogP contribution in [0.25, 0.3) is 0 Å². The van der Waals surface area contributed by atoms with E-state index >= 15 is 0 Å². The zero-order chi connectivity index (χ0) is 15.0. The van der Waals surface area contributed by atoms with Gasteiger partial charge in [0.1, 0.15) is 6.26 Å². The summed E-state index contributed by atoms with van der Waals surface area (Å²) in [6, 6.07) is 1.01. The van der Waals surface area contributed by atoms with Crippen LogP contribution in [0.15, 0.2) is 21.8 Å². The summed E-state index contributed by atoms with van der Waals surface area (Å²) in [5.74, 6) is -0.405. The lowest BCUT2D eigenvalue weighted by Gasteiger charge is -2.03. The van der Waals surface area contributed by atoms with Gasteiger partial charge in [-0.1, -0.05) is 39.0 Å². The maximum Gasteiger partial charge on any atom is 0.328 e. The lowest BCUT2D eigenvalue weighted by atomic mass is 10.1. The van der Waals surface area contributed by atoms with Crippen molar-refractivity contribution in [3.05, 3.63) is 17.9 Å². The van der Waals surface area contributed by atoms with E-state index in [9.17, 15) is 13.2 Å². The largest absolute Gasteiger partial charge is 0.450 e. The average molecular weight is 303 g/mol. The first-order valence-corrected chi connectivity index (χ1v) is 8.23. The fraction of sp³-hybridized carbons (Fsp3) is 0.615. The Bertz CT molecular complexity index is 521. The third-order valence-electron chi connectivity index (χ3n) is 2.91. The van der Waals surface area contributed by atoms with Crippen LogP contribution >= 0.6 is 0 Å². The fourth-order valence-corrected chi connectivity index (χ4v) is 2.23. The first kappa shape index (κ1) is 16.7. The lowest BCUT2D eigenvalue weighted by molar-refractivity contribution is 0.0952. The van der Waals surface area contributed by atoms with E-state index in [-0.39, 0.29) is 5.56 Å². The molecule has 0 radical (unpaired) electrons. The van der Waals surface area contributed by atoms with Gasteiger partial charge in [-0.25, -0.2) is 0 Å². The van der Waals surface area contributed by atoms with Gasteiger partial charge in [0.25, 0.3) is 5.91 Å². The molecule has 0 unspecified atom stereocenters. The molecule has 1 amide bonds. The standard InChI is InChI=1S/C13H21NO5S/c1-2-3-4-5-6-7-8-14-13(15)11-9-12(19-10-11)20(16,17)18/h9-10H,2-8H2,1H3,(H,14,15)(H,16,17,18). The molecular weight excluding hydrogens is 282 g/mol. The summed E-state index contributed by atoms with van der Waals surface area (Å²) >= 11 is 0. The maximum atomic E-state index is 11.7. The number of unbranched alkanes of at least 4 members (excludes halogenated alkanes) is 5. The Hall–Kier alpha value is -1.34. The van der Waals surface area contributed by atoms with Gasteiger partial charge in [0.2, 0.25) is 5.09 Å². The second-order valence-corrected chi connectivity index (χ2v) is 6.01. The second kappa shape index (κ2) is 8.06. The van der Waals surface area contributed by atoms with Crippen LogP contribution < -0.4 is 5.32 Å². The van der Waals surface area contributed by atoms with Gasteiger partial charge in [0.05, 0.1) is 5.56 Å². The Morgan fingerprint density at radius 1 is 1.25 bits per heavy atom. The SMILES string of the molecule is CCCCCCCCNC(=O)c1coc(S(=O)(=O)O)c1. The molecule has 0 bridgehead atoms. The van der Waals surface area contributed by atoms with Gasteiger partial charge in [-0.05, 0) is 6.42 Å². The lowest BCUT2D eigenvalue weighted by Crippen LogP contribution is -2.23. The monoisotopic (exact) mass is 303 g/mol. The van der Waals surface area contributed by atoms with Crippen molar-refractivity contribution in [2.24, 2.45) is 0 Å². The summed E-state index contributed by atoms with van der Waals surface area (Å²) in [7, 11) is -4.40. The summed E-state index contributed by atoms with van der Waals surface area (Å²) in [5.41, 5.74) is 0.0867. The van der Waals surface area contributed by atoms with E-state index in [0.29, 0.717) is 6.54 Å². The van der Waals surface area contributed by atoms with Crippen molar-refractivity contribution >= 4 is 16.0 Å². The Kier molecular flexibility index (Phi) is 6.74. The van der Waals surface area contributed by atoms with Gasteiger partial charge in [-0.15, -0.1) is 0 Å². The zero-order valence-electron chi connectivity index (χ0n) is 11.6. The topological polar surface area (TPSA) is 96.6 Å². The first-order valence-electron chi connectivity index (χ1n) is 6.79. The molecule has 0 saturated heterocycles. The van der Waals surface area contributed by atoms with E-state index in [0.717, 1.165) is 31.6 Å². The van der Waals surface area contributed by atoms with Crippen LogP contribution in [-0.2, 0) is 10.1 Å². The number of nitrogens with one attached hydrogen (secondary N) is 1. The molecule has 0 aliphatic heterocycles. The Morgan fingerprint density at radius 3 is 2.50 bits per heavy atom. The number of rotatable bonds is 9. The van der Waals surface area contributed by atoms with Gasteiger partial charge in [-0.2, -0.15) is 8.42 Å². The molecule has 1 rings (SSSR count). The van der Waals surface area contributed by atoms with E-state index in [4.69, 9.17) is 4.55 Å². The number of hydrogen-bond acceptors (Lipinski definition) is 4.